The van der Waals surface area contributed by atoms with Gasteiger partial charge in [-0.3, -0.25) is 4.79 Å². The molecule has 0 aliphatic heterocycles. The van der Waals surface area contributed by atoms with Gasteiger partial charge in [-0.2, -0.15) is 0 Å². The van der Waals surface area contributed by atoms with E-state index in [1.54, 1.807) is 0 Å². The van der Waals surface area contributed by atoms with Crippen molar-refractivity contribution in [1.29, 1.82) is 0 Å². The molecule has 0 aliphatic rings. The Bertz CT molecular complexity index is 377. The Labute approximate surface area is 102 Å². The van der Waals surface area contributed by atoms with E-state index in [0.29, 0.717) is 18.7 Å². The van der Waals surface area contributed by atoms with E-state index >= 15 is 0 Å². The molecule has 94 valence electrons. The molecule has 0 fully saturated rings. The molecule has 17 heavy (non-hydrogen) atoms. The van der Waals surface area contributed by atoms with Gasteiger partial charge in [-0.15, -0.1) is 0 Å². The molecule has 0 heterocycles. The lowest BCUT2D eigenvalue weighted by Crippen LogP contribution is -2.30. The van der Waals surface area contributed by atoms with Gasteiger partial charge in [0, 0.05) is 13.2 Å². The molecule has 0 atom stereocenters. The largest absolute Gasteiger partial charge is 0.484 e. The zero-order valence-corrected chi connectivity index (χ0v) is 10.3. The lowest BCUT2D eigenvalue weighted by atomic mass is 10.1. The second kappa shape index (κ2) is 6.91. The predicted octanol–water partition coefficient (Wildman–Crippen LogP) is 1.18. The third-order valence-electron chi connectivity index (χ3n) is 2.51. The molecular weight excluding hydrogens is 218 g/mol. The summed E-state index contributed by atoms with van der Waals surface area (Å²) in [5, 5.41) is 11.2. The minimum atomic E-state index is -0.170. The second-order valence-corrected chi connectivity index (χ2v) is 3.96. The minimum Gasteiger partial charge on any atom is -0.484 e. The first-order valence-corrected chi connectivity index (χ1v) is 5.71. The summed E-state index contributed by atoms with van der Waals surface area (Å²) in [6, 6.07) is 5.73. The molecule has 1 aromatic carbocycles. The van der Waals surface area contributed by atoms with Crippen LogP contribution in [0, 0.1) is 13.8 Å². The second-order valence-electron chi connectivity index (χ2n) is 3.96. The van der Waals surface area contributed by atoms with Gasteiger partial charge in [-0.05, 0) is 43.5 Å². The maximum atomic E-state index is 11.3. The number of carbonyl (C=O) groups excluding carboxylic acids is 1. The van der Waals surface area contributed by atoms with E-state index in [-0.39, 0.29) is 19.1 Å². The maximum absolute atomic E-state index is 11.3. The van der Waals surface area contributed by atoms with Gasteiger partial charge >= 0.3 is 0 Å². The Morgan fingerprint density at radius 2 is 2.12 bits per heavy atom. The van der Waals surface area contributed by atoms with Crippen LogP contribution in [0.5, 0.6) is 5.75 Å². The number of hydrogen-bond donors (Lipinski definition) is 2. The van der Waals surface area contributed by atoms with Crippen LogP contribution in [-0.2, 0) is 4.79 Å². The molecule has 0 spiro atoms. The molecule has 0 aromatic heterocycles. The highest BCUT2D eigenvalue weighted by Gasteiger charge is 2.02. The number of ether oxygens (including phenoxy) is 1. The highest BCUT2D eigenvalue weighted by Crippen LogP contribution is 2.16. The van der Waals surface area contributed by atoms with Gasteiger partial charge in [0.15, 0.2) is 6.61 Å². The summed E-state index contributed by atoms with van der Waals surface area (Å²) in [5.74, 6) is 0.530. The van der Waals surface area contributed by atoms with Crippen molar-refractivity contribution in [3.8, 4) is 5.75 Å². The van der Waals surface area contributed by atoms with Crippen LogP contribution in [0.2, 0.25) is 0 Å². The number of amides is 1. The lowest BCUT2D eigenvalue weighted by molar-refractivity contribution is -0.123. The third-order valence-corrected chi connectivity index (χ3v) is 2.51. The quantitative estimate of drug-likeness (QED) is 0.730. The molecule has 0 unspecified atom stereocenters. The summed E-state index contributed by atoms with van der Waals surface area (Å²) < 4.78 is 5.36. The molecule has 2 N–H and O–H groups in total. The van der Waals surface area contributed by atoms with E-state index in [2.05, 4.69) is 5.32 Å². The monoisotopic (exact) mass is 237 g/mol. The van der Waals surface area contributed by atoms with Gasteiger partial charge < -0.3 is 15.2 Å². The number of nitrogens with one attached hydrogen (secondary N) is 1. The summed E-state index contributed by atoms with van der Waals surface area (Å²) in [5.41, 5.74) is 2.34. The van der Waals surface area contributed by atoms with E-state index < -0.39 is 0 Å². The minimum absolute atomic E-state index is 0.00787. The van der Waals surface area contributed by atoms with Crippen molar-refractivity contribution < 1.29 is 14.6 Å². The van der Waals surface area contributed by atoms with Crippen LogP contribution in [0.1, 0.15) is 17.5 Å². The number of hydrogen-bond acceptors (Lipinski definition) is 3. The van der Waals surface area contributed by atoms with Gasteiger partial charge in [0.05, 0.1) is 0 Å². The van der Waals surface area contributed by atoms with Crippen molar-refractivity contribution in [2.75, 3.05) is 19.8 Å². The molecule has 1 rings (SSSR count). The fourth-order valence-electron chi connectivity index (χ4n) is 1.31. The predicted molar refractivity (Wildman–Crippen MR) is 66.1 cm³/mol. The zero-order chi connectivity index (χ0) is 12.7. The van der Waals surface area contributed by atoms with E-state index in [0.717, 1.165) is 5.56 Å². The Morgan fingerprint density at radius 1 is 1.35 bits per heavy atom. The van der Waals surface area contributed by atoms with Gasteiger partial charge in [0.2, 0.25) is 0 Å². The number of aliphatic hydroxyl groups excluding tert-OH is 1. The van der Waals surface area contributed by atoms with Crippen molar-refractivity contribution in [3.63, 3.8) is 0 Å². The summed E-state index contributed by atoms with van der Waals surface area (Å²) >= 11 is 0. The van der Waals surface area contributed by atoms with Crippen molar-refractivity contribution >= 4 is 5.91 Å². The van der Waals surface area contributed by atoms with Crippen LogP contribution in [0.15, 0.2) is 18.2 Å². The standard InChI is InChI=1S/C13H19NO3/c1-10-4-5-12(8-11(10)2)17-9-13(16)14-6-3-7-15/h4-5,8,15H,3,6-7,9H2,1-2H3,(H,14,16). The number of benzene rings is 1. The third kappa shape index (κ3) is 4.87. The SMILES string of the molecule is Cc1ccc(OCC(=O)NCCCO)cc1C. The smallest absolute Gasteiger partial charge is 0.257 e. The van der Waals surface area contributed by atoms with Crippen LogP contribution in [0.4, 0.5) is 0 Å². The van der Waals surface area contributed by atoms with Crippen LogP contribution in [0.25, 0.3) is 0 Å². The van der Waals surface area contributed by atoms with Crippen molar-refractivity contribution in [1.82, 2.24) is 5.32 Å². The molecule has 0 radical (unpaired) electrons. The average Bonchev–Trinajstić information content (AvgIpc) is 2.31. The van der Waals surface area contributed by atoms with E-state index in [1.165, 1.54) is 5.56 Å². The molecule has 1 amide bonds. The van der Waals surface area contributed by atoms with Crippen LogP contribution >= 0.6 is 0 Å². The van der Waals surface area contributed by atoms with E-state index in [9.17, 15) is 4.79 Å². The first-order valence-electron chi connectivity index (χ1n) is 5.71. The highest BCUT2D eigenvalue weighted by atomic mass is 16.5. The molecule has 4 nitrogen and oxygen atoms in total. The van der Waals surface area contributed by atoms with Gasteiger partial charge in [-0.1, -0.05) is 6.07 Å². The summed E-state index contributed by atoms with van der Waals surface area (Å²) in [6.07, 6.45) is 0.565. The molecule has 1 aromatic rings. The Balaban J connectivity index is 2.34. The molecule has 0 aliphatic carbocycles. The van der Waals surface area contributed by atoms with Crippen molar-refractivity contribution in [2.24, 2.45) is 0 Å². The summed E-state index contributed by atoms with van der Waals surface area (Å²) in [4.78, 5) is 11.3. The van der Waals surface area contributed by atoms with Crippen molar-refractivity contribution in [2.45, 2.75) is 20.3 Å². The first kappa shape index (κ1) is 13.5. The van der Waals surface area contributed by atoms with Crippen LogP contribution in [0.3, 0.4) is 0 Å². The number of aliphatic hydroxyl groups is 1. The summed E-state index contributed by atoms with van der Waals surface area (Å²) in [6.45, 7) is 4.60. The summed E-state index contributed by atoms with van der Waals surface area (Å²) in [7, 11) is 0. The van der Waals surface area contributed by atoms with Gasteiger partial charge in [0.1, 0.15) is 5.75 Å². The van der Waals surface area contributed by atoms with Crippen molar-refractivity contribution in [3.05, 3.63) is 29.3 Å². The Hall–Kier alpha value is -1.55. The van der Waals surface area contributed by atoms with E-state index in [1.807, 2.05) is 32.0 Å². The number of aryl methyl sites for hydroxylation is 2. The van der Waals surface area contributed by atoms with Gasteiger partial charge in [-0.25, -0.2) is 0 Å². The fourth-order valence-corrected chi connectivity index (χ4v) is 1.31. The van der Waals surface area contributed by atoms with E-state index in [4.69, 9.17) is 9.84 Å². The normalized spacial score (nSPS) is 10.1. The highest BCUT2D eigenvalue weighted by molar-refractivity contribution is 5.77. The topological polar surface area (TPSA) is 58.6 Å². The van der Waals surface area contributed by atoms with Crippen LogP contribution in [-0.4, -0.2) is 30.8 Å². The molecule has 4 heteroatoms. The molecule has 0 saturated heterocycles. The number of carbonyl (C=O) groups is 1. The average molecular weight is 237 g/mol. The maximum Gasteiger partial charge on any atom is 0.257 e. The lowest BCUT2D eigenvalue weighted by Gasteiger charge is -2.08. The first-order chi connectivity index (χ1) is 8.13. The Morgan fingerprint density at radius 3 is 2.76 bits per heavy atom. The van der Waals surface area contributed by atoms with Crippen LogP contribution < -0.4 is 10.1 Å². The zero-order valence-electron chi connectivity index (χ0n) is 10.3. The fraction of sp³-hybridized carbons (Fsp3) is 0.462. The Kier molecular flexibility index (Phi) is 5.49. The van der Waals surface area contributed by atoms with Gasteiger partial charge in [0.25, 0.3) is 5.91 Å². The molecule has 0 saturated carbocycles. The number of rotatable bonds is 6. The molecular formula is C13H19NO3. The molecule has 0 bridgehead atoms.